The second kappa shape index (κ2) is 8.63. The van der Waals surface area contributed by atoms with E-state index >= 15 is 0 Å². The van der Waals surface area contributed by atoms with Gasteiger partial charge < -0.3 is 14.4 Å². The van der Waals surface area contributed by atoms with Gasteiger partial charge >= 0.3 is 0 Å². The van der Waals surface area contributed by atoms with Gasteiger partial charge in [0.2, 0.25) is 15.9 Å². The lowest BCUT2D eigenvalue weighted by Gasteiger charge is -2.42. The second-order valence-corrected chi connectivity index (χ2v) is 11.1. The molecule has 170 valence electrons. The Kier molecular flexibility index (Phi) is 5.87. The van der Waals surface area contributed by atoms with Crippen molar-refractivity contribution in [1.82, 2.24) is 19.6 Å². The number of sulfonamides is 1. The van der Waals surface area contributed by atoms with Crippen molar-refractivity contribution in [3.8, 4) is 5.88 Å². The van der Waals surface area contributed by atoms with Crippen LogP contribution in [0.2, 0.25) is 0 Å². The fraction of sp³-hybridized carbons (Fsp3) is 0.762. The molecule has 0 unspecified atom stereocenters. The molecule has 1 N–H and O–H groups in total. The van der Waals surface area contributed by atoms with Crippen LogP contribution in [-0.2, 0) is 19.6 Å². The smallest absolute Gasteiger partial charge is 0.260 e. The molecular weight excluding hydrogens is 420 g/mol. The van der Waals surface area contributed by atoms with Crippen LogP contribution in [0.3, 0.4) is 0 Å². The van der Waals surface area contributed by atoms with E-state index in [1.165, 1.54) is 0 Å². The van der Waals surface area contributed by atoms with Gasteiger partial charge in [-0.3, -0.25) is 9.78 Å². The summed E-state index contributed by atoms with van der Waals surface area (Å²) in [5.74, 6) is 0.506. The molecule has 4 heterocycles. The summed E-state index contributed by atoms with van der Waals surface area (Å²) < 4.78 is 40.2. The number of hydrogen-bond donors (Lipinski definition) is 1. The van der Waals surface area contributed by atoms with E-state index in [1.807, 2.05) is 0 Å². The first-order valence-corrected chi connectivity index (χ1v) is 12.9. The van der Waals surface area contributed by atoms with Gasteiger partial charge in [-0.2, -0.15) is 0 Å². The predicted octanol–water partition coefficient (Wildman–Crippen LogP) is 1.35. The number of hydrogen-bond acceptors (Lipinski definition) is 7. The van der Waals surface area contributed by atoms with E-state index < -0.39 is 10.0 Å². The zero-order valence-electron chi connectivity index (χ0n) is 17.6. The van der Waals surface area contributed by atoms with Crippen molar-refractivity contribution in [2.24, 2.45) is 0 Å². The number of rotatable bonds is 3. The van der Waals surface area contributed by atoms with Crippen LogP contribution in [-0.4, -0.2) is 72.4 Å². The standard InChI is InChI=1S/C21H30N4O5S/c26-19-13-30-21-20(22-9-10-23-21)14-3-5-15(6-4-14)29-12-18-17(2-1-11-25(18)19)24-31(27,28)16-7-8-16/h9-10,14-18,24H,1-8,11-13H2/t14-,15+,17-,18-/m0/s1. The lowest BCUT2D eigenvalue weighted by Crippen LogP contribution is -2.60. The molecular formula is C21H30N4O5S. The van der Waals surface area contributed by atoms with Gasteiger partial charge in [0, 0.05) is 30.9 Å². The van der Waals surface area contributed by atoms with Gasteiger partial charge in [0.1, 0.15) is 5.69 Å². The zero-order valence-corrected chi connectivity index (χ0v) is 18.4. The fourth-order valence-electron chi connectivity index (χ4n) is 5.07. The molecule has 2 bridgehead atoms. The highest BCUT2D eigenvalue weighted by molar-refractivity contribution is 7.90. The van der Waals surface area contributed by atoms with Crippen molar-refractivity contribution >= 4 is 15.9 Å². The Balaban J connectivity index is 1.40. The number of nitrogens with one attached hydrogen (secondary N) is 1. The summed E-state index contributed by atoms with van der Waals surface area (Å²) in [5, 5.41) is -0.289. The molecule has 9 nitrogen and oxygen atoms in total. The van der Waals surface area contributed by atoms with Gasteiger partial charge in [-0.15, -0.1) is 0 Å². The third kappa shape index (κ3) is 4.56. The second-order valence-electron chi connectivity index (χ2n) is 9.11. The molecule has 10 heteroatoms. The average molecular weight is 451 g/mol. The summed E-state index contributed by atoms with van der Waals surface area (Å²) in [7, 11) is -3.36. The summed E-state index contributed by atoms with van der Waals surface area (Å²) in [6.45, 7) is 0.765. The SMILES string of the molecule is O=C1COc2nccnc2[C@H]2CC[C@H](CC2)OC[C@H]2[C@@H](NS(=O)(=O)C3CC3)CCCN12. The number of nitrogens with zero attached hydrogens (tertiary/aromatic N) is 3. The maximum Gasteiger partial charge on any atom is 0.260 e. The molecule has 5 aliphatic rings. The topological polar surface area (TPSA) is 111 Å². The van der Waals surface area contributed by atoms with Crippen molar-refractivity contribution in [1.29, 1.82) is 0 Å². The molecule has 2 saturated carbocycles. The molecule has 1 amide bonds. The minimum atomic E-state index is -3.36. The third-order valence-electron chi connectivity index (χ3n) is 6.97. The summed E-state index contributed by atoms with van der Waals surface area (Å²) in [5.41, 5.74) is 0.818. The quantitative estimate of drug-likeness (QED) is 0.740. The van der Waals surface area contributed by atoms with E-state index in [0.29, 0.717) is 38.3 Å². The minimum absolute atomic E-state index is 0.109. The average Bonchev–Trinajstić information content (AvgIpc) is 3.63. The van der Waals surface area contributed by atoms with Gasteiger partial charge in [0.15, 0.2) is 6.61 Å². The highest BCUT2D eigenvalue weighted by atomic mass is 32.2. The first-order chi connectivity index (χ1) is 15.0. The van der Waals surface area contributed by atoms with Crippen LogP contribution in [0.4, 0.5) is 0 Å². The lowest BCUT2D eigenvalue weighted by molar-refractivity contribution is -0.140. The van der Waals surface area contributed by atoms with E-state index in [2.05, 4.69) is 14.7 Å². The molecule has 3 fully saturated rings. The Hall–Kier alpha value is -1.78. The Morgan fingerprint density at radius 2 is 1.81 bits per heavy atom. The molecule has 6 rings (SSSR count). The van der Waals surface area contributed by atoms with Crippen LogP contribution in [0.5, 0.6) is 5.88 Å². The first kappa shape index (κ1) is 21.1. The van der Waals surface area contributed by atoms with Crippen LogP contribution in [0.25, 0.3) is 0 Å². The Morgan fingerprint density at radius 1 is 1.03 bits per heavy atom. The molecule has 2 atom stereocenters. The molecule has 0 spiro atoms. The predicted molar refractivity (Wildman–Crippen MR) is 112 cm³/mol. The number of aromatic nitrogens is 2. The normalized spacial score (nSPS) is 32.1. The van der Waals surface area contributed by atoms with Gasteiger partial charge in [-0.1, -0.05) is 0 Å². The van der Waals surface area contributed by atoms with Crippen molar-refractivity contribution in [2.75, 3.05) is 19.8 Å². The molecule has 1 saturated heterocycles. The van der Waals surface area contributed by atoms with Crippen molar-refractivity contribution in [3.63, 3.8) is 0 Å². The number of amides is 1. The monoisotopic (exact) mass is 450 g/mol. The van der Waals surface area contributed by atoms with Crippen molar-refractivity contribution in [2.45, 2.75) is 80.7 Å². The van der Waals surface area contributed by atoms with Gasteiger partial charge in [0.25, 0.3) is 5.91 Å². The number of carbonyl (C=O) groups is 1. The number of ether oxygens (including phenoxy) is 2. The molecule has 1 aromatic heterocycles. The largest absolute Gasteiger partial charge is 0.466 e. The van der Waals surface area contributed by atoms with Gasteiger partial charge in [0.05, 0.1) is 24.0 Å². The Bertz CT molecular complexity index is 914. The fourth-order valence-corrected chi connectivity index (χ4v) is 6.72. The zero-order chi connectivity index (χ0) is 21.4. The van der Waals surface area contributed by atoms with E-state index in [0.717, 1.165) is 37.8 Å². The molecule has 3 aliphatic heterocycles. The Morgan fingerprint density at radius 3 is 2.58 bits per heavy atom. The molecule has 0 radical (unpaired) electrons. The Labute approximate surface area is 183 Å². The van der Waals surface area contributed by atoms with E-state index in [4.69, 9.17) is 9.47 Å². The minimum Gasteiger partial charge on any atom is -0.466 e. The van der Waals surface area contributed by atoms with Crippen LogP contribution in [0.1, 0.15) is 63.0 Å². The maximum absolute atomic E-state index is 13.1. The molecule has 0 aromatic carbocycles. The first-order valence-electron chi connectivity index (χ1n) is 11.4. The molecule has 1 aromatic rings. The summed E-state index contributed by atoms with van der Waals surface area (Å²) in [6.07, 6.45) is 9.89. The highest BCUT2D eigenvalue weighted by Crippen LogP contribution is 2.37. The van der Waals surface area contributed by atoms with Gasteiger partial charge in [-0.25, -0.2) is 18.1 Å². The van der Waals surface area contributed by atoms with Crippen LogP contribution in [0, 0.1) is 0 Å². The van der Waals surface area contributed by atoms with Crippen molar-refractivity contribution < 1.29 is 22.7 Å². The van der Waals surface area contributed by atoms with Crippen LogP contribution >= 0.6 is 0 Å². The summed E-state index contributed by atoms with van der Waals surface area (Å²) >= 11 is 0. The summed E-state index contributed by atoms with van der Waals surface area (Å²) in [6, 6.07) is -0.671. The molecule has 2 aliphatic carbocycles. The number of piperidine rings is 1. The highest BCUT2D eigenvalue weighted by Gasteiger charge is 2.42. The molecule has 31 heavy (non-hydrogen) atoms. The van der Waals surface area contributed by atoms with Crippen LogP contribution < -0.4 is 9.46 Å². The van der Waals surface area contributed by atoms with Crippen molar-refractivity contribution in [3.05, 3.63) is 18.1 Å². The summed E-state index contributed by atoms with van der Waals surface area (Å²) in [4.78, 5) is 23.7. The van der Waals surface area contributed by atoms with E-state index in [9.17, 15) is 13.2 Å². The number of carbonyl (C=O) groups excluding carboxylic acids is 1. The lowest BCUT2D eigenvalue weighted by atomic mass is 9.85. The van der Waals surface area contributed by atoms with E-state index in [-0.39, 0.29) is 41.9 Å². The van der Waals surface area contributed by atoms with E-state index in [1.54, 1.807) is 17.3 Å². The van der Waals surface area contributed by atoms with Crippen LogP contribution in [0.15, 0.2) is 12.4 Å². The maximum atomic E-state index is 13.1. The third-order valence-corrected chi connectivity index (χ3v) is 8.95. The number of fused-ring (bicyclic) bond motifs is 5. The van der Waals surface area contributed by atoms with Gasteiger partial charge in [-0.05, 0) is 51.4 Å².